The maximum Gasteiger partial charge on any atom is 0.331 e. The van der Waals surface area contributed by atoms with Gasteiger partial charge in [-0.2, -0.15) is 0 Å². The van der Waals surface area contributed by atoms with Gasteiger partial charge in [-0.1, -0.05) is 6.08 Å². The lowest BCUT2D eigenvalue weighted by molar-refractivity contribution is -0.146. The molecule has 0 atom stereocenters. The molecule has 2 N–H and O–H groups in total. The highest BCUT2D eigenvalue weighted by Gasteiger charge is 2.30. The molecule has 0 fully saturated rings. The van der Waals surface area contributed by atoms with Crippen LogP contribution in [0.3, 0.4) is 0 Å². The Morgan fingerprint density at radius 1 is 1.50 bits per heavy atom. The predicted octanol–water partition coefficient (Wildman–Crippen LogP) is 0.423. The van der Waals surface area contributed by atoms with Crippen LogP contribution in [0.1, 0.15) is 13.8 Å². The summed E-state index contributed by atoms with van der Waals surface area (Å²) in [5.74, 6) is -0.494. The minimum absolute atomic E-state index is 0.350. The van der Waals surface area contributed by atoms with E-state index >= 15 is 0 Å². The molecule has 0 aliphatic heterocycles. The third kappa shape index (κ3) is 3.93. The molecule has 0 rings (SSSR count). The van der Waals surface area contributed by atoms with E-state index < -0.39 is 17.5 Å². The maximum absolute atomic E-state index is 11.2. The van der Waals surface area contributed by atoms with Crippen molar-refractivity contribution in [3.63, 3.8) is 0 Å². The van der Waals surface area contributed by atoms with Gasteiger partial charge in [-0.05, 0) is 13.8 Å². The van der Waals surface area contributed by atoms with Crippen molar-refractivity contribution < 1.29 is 14.3 Å². The van der Waals surface area contributed by atoms with Gasteiger partial charge >= 0.3 is 12.0 Å². The minimum atomic E-state index is -1.03. The molecule has 80 valence electrons. The fourth-order valence-corrected chi connectivity index (χ4v) is 0.799. The van der Waals surface area contributed by atoms with Crippen LogP contribution < -0.4 is 10.6 Å². The molecule has 0 aliphatic rings. The van der Waals surface area contributed by atoms with Crippen LogP contribution in [0.15, 0.2) is 12.7 Å². The Bertz CT molecular complexity index is 236. The number of carbonyl (C=O) groups is 2. The molecule has 0 saturated carbocycles. The first-order valence-electron chi connectivity index (χ1n) is 4.19. The Kier molecular flexibility index (Phi) is 4.69. The third-order valence-corrected chi connectivity index (χ3v) is 1.53. The molecule has 0 heterocycles. The number of carbonyl (C=O) groups excluding carboxylic acids is 2. The zero-order valence-corrected chi connectivity index (χ0v) is 8.72. The molecule has 0 spiro atoms. The minimum Gasteiger partial charge on any atom is -0.467 e. The highest BCUT2D eigenvalue weighted by atomic mass is 16.5. The first-order chi connectivity index (χ1) is 6.44. The van der Waals surface area contributed by atoms with E-state index in [2.05, 4.69) is 21.9 Å². The van der Waals surface area contributed by atoms with Gasteiger partial charge < -0.3 is 15.4 Å². The first-order valence-corrected chi connectivity index (χ1v) is 4.19. The molecule has 5 nitrogen and oxygen atoms in total. The SMILES string of the molecule is C=CCNC(=O)NC(C)(C)C(=O)OC. The zero-order chi connectivity index (χ0) is 11.2. The molecule has 0 aromatic heterocycles. The fourth-order valence-electron chi connectivity index (χ4n) is 0.799. The van der Waals surface area contributed by atoms with E-state index in [1.54, 1.807) is 19.9 Å². The normalized spacial score (nSPS) is 10.2. The van der Waals surface area contributed by atoms with E-state index in [1.165, 1.54) is 7.11 Å². The molecular formula is C9H16N2O3. The van der Waals surface area contributed by atoms with Crippen molar-refractivity contribution in [2.75, 3.05) is 13.7 Å². The number of rotatable bonds is 4. The van der Waals surface area contributed by atoms with E-state index in [0.717, 1.165) is 0 Å². The van der Waals surface area contributed by atoms with E-state index in [9.17, 15) is 9.59 Å². The number of urea groups is 1. The second-order valence-corrected chi connectivity index (χ2v) is 3.24. The second kappa shape index (κ2) is 5.26. The molecule has 0 unspecified atom stereocenters. The van der Waals surface area contributed by atoms with Crippen molar-refractivity contribution in [2.45, 2.75) is 19.4 Å². The Balaban J connectivity index is 4.14. The summed E-state index contributed by atoms with van der Waals surface area (Å²) in [6.07, 6.45) is 1.55. The van der Waals surface area contributed by atoms with Gasteiger partial charge in [0.05, 0.1) is 7.11 Å². The van der Waals surface area contributed by atoms with Crippen LogP contribution in [-0.4, -0.2) is 31.2 Å². The Labute approximate surface area is 83.5 Å². The van der Waals surface area contributed by atoms with Gasteiger partial charge in [-0.3, -0.25) is 0 Å². The molecule has 5 heteroatoms. The molecule has 14 heavy (non-hydrogen) atoms. The lowest BCUT2D eigenvalue weighted by atomic mass is 10.1. The van der Waals surface area contributed by atoms with Crippen LogP contribution in [-0.2, 0) is 9.53 Å². The van der Waals surface area contributed by atoms with Gasteiger partial charge in [-0.25, -0.2) is 9.59 Å². The summed E-state index contributed by atoms with van der Waals surface area (Å²) >= 11 is 0. The van der Waals surface area contributed by atoms with E-state index in [0.29, 0.717) is 6.54 Å². The number of ether oxygens (including phenoxy) is 1. The lowest BCUT2D eigenvalue weighted by Crippen LogP contribution is -2.53. The van der Waals surface area contributed by atoms with Crippen LogP contribution in [0.25, 0.3) is 0 Å². The number of esters is 1. The summed E-state index contributed by atoms with van der Waals surface area (Å²) in [4.78, 5) is 22.3. The van der Waals surface area contributed by atoms with E-state index in [4.69, 9.17) is 0 Å². The van der Waals surface area contributed by atoms with Gasteiger partial charge in [0, 0.05) is 6.54 Å². The molecule has 0 aromatic rings. The van der Waals surface area contributed by atoms with Crippen LogP contribution in [0.2, 0.25) is 0 Å². The smallest absolute Gasteiger partial charge is 0.331 e. The molecule has 0 radical (unpaired) electrons. The van der Waals surface area contributed by atoms with Crippen LogP contribution in [0.5, 0.6) is 0 Å². The van der Waals surface area contributed by atoms with Gasteiger partial charge in [0.25, 0.3) is 0 Å². The topological polar surface area (TPSA) is 67.4 Å². The average molecular weight is 200 g/mol. The van der Waals surface area contributed by atoms with Gasteiger partial charge in [-0.15, -0.1) is 6.58 Å². The van der Waals surface area contributed by atoms with Crippen LogP contribution in [0, 0.1) is 0 Å². The molecule has 2 amide bonds. The highest BCUT2D eigenvalue weighted by molar-refractivity contribution is 5.86. The van der Waals surface area contributed by atoms with Gasteiger partial charge in [0.2, 0.25) is 0 Å². The molecule has 0 saturated heterocycles. The van der Waals surface area contributed by atoms with E-state index in [1.807, 2.05) is 0 Å². The van der Waals surface area contributed by atoms with E-state index in [-0.39, 0.29) is 0 Å². The van der Waals surface area contributed by atoms with Crippen molar-refractivity contribution >= 4 is 12.0 Å². The molecule has 0 bridgehead atoms. The number of nitrogens with one attached hydrogen (secondary N) is 2. The maximum atomic E-state index is 11.2. The van der Waals surface area contributed by atoms with Crippen LogP contribution >= 0.6 is 0 Å². The number of hydrogen-bond donors (Lipinski definition) is 2. The largest absolute Gasteiger partial charge is 0.467 e. The monoisotopic (exact) mass is 200 g/mol. The number of methoxy groups -OCH3 is 1. The van der Waals surface area contributed by atoms with Crippen molar-refractivity contribution in [1.82, 2.24) is 10.6 Å². The van der Waals surface area contributed by atoms with Crippen LogP contribution in [0.4, 0.5) is 4.79 Å². The van der Waals surface area contributed by atoms with Gasteiger partial charge in [0.15, 0.2) is 0 Å². The van der Waals surface area contributed by atoms with Crippen molar-refractivity contribution in [3.8, 4) is 0 Å². The van der Waals surface area contributed by atoms with Crippen molar-refractivity contribution in [3.05, 3.63) is 12.7 Å². The molecule has 0 aliphatic carbocycles. The summed E-state index contributed by atoms with van der Waals surface area (Å²) < 4.78 is 4.52. The summed E-state index contributed by atoms with van der Waals surface area (Å²) in [5.41, 5.74) is -1.03. The standard InChI is InChI=1S/C9H16N2O3/c1-5-6-10-8(13)11-9(2,3)7(12)14-4/h5H,1,6H2,2-4H3,(H2,10,11,13). The summed E-state index contributed by atoms with van der Waals surface area (Å²) in [6, 6.07) is -0.430. The zero-order valence-electron chi connectivity index (χ0n) is 8.72. The Hall–Kier alpha value is -1.52. The average Bonchev–Trinajstić information content (AvgIpc) is 2.12. The third-order valence-electron chi connectivity index (χ3n) is 1.53. The highest BCUT2D eigenvalue weighted by Crippen LogP contribution is 2.03. The lowest BCUT2D eigenvalue weighted by Gasteiger charge is -2.22. The summed E-state index contributed by atoms with van der Waals surface area (Å²) in [6.45, 7) is 6.92. The van der Waals surface area contributed by atoms with Gasteiger partial charge in [0.1, 0.15) is 5.54 Å². The number of hydrogen-bond acceptors (Lipinski definition) is 3. The summed E-state index contributed by atoms with van der Waals surface area (Å²) in [7, 11) is 1.27. The van der Waals surface area contributed by atoms with Crippen molar-refractivity contribution in [1.29, 1.82) is 0 Å². The quantitative estimate of drug-likeness (QED) is 0.510. The Morgan fingerprint density at radius 3 is 2.50 bits per heavy atom. The molecule has 0 aromatic carbocycles. The molecular weight excluding hydrogens is 184 g/mol. The Morgan fingerprint density at radius 2 is 2.07 bits per heavy atom. The second-order valence-electron chi connectivity index (χ2n) is 3.24. The number of amides is 2. The predicted molar refractivity (Wildman–Crippen MR) is 52.8 cm³/mol. The summed E-state index contributed by atoms with van der Waals surface area (Å²) in [5, 5.41) is 4.96. The van der Waals surface area contributed by atoms with Crippen molar-refractivity contribution in [2.24, 2.45) is 0 Å². The fraction of sp³-hybridized carbons (Fsp3) is 0.556. The first kappa shape index (κ1) is 12.5.